The number of hydrogen-bond donors (Lipinski definition) is 0. The maximum absolute atomic E-state index is 2.83. The zero-order valence-electron chi connectivity index (χ0n) is 17.0. The molecule has 0 saturated carbocycles. The van der Waals surface area contributed by atoms with Crippen molar-refractivity contribution in [2.24, 2.45) is 0 Å². The molecule has 0 unspecified atom stereocenters. The van der Waals surface area contributed by atoms with Gasteiger partial charge in [0, 0.05) is 0 Å². The Hall–Kier alpha value is -1.50. The van der Waals surface area contributed by atoms with Crippen molar-refractivity contribution in [3.63, 3.8) is 0 Å². The summed E-state index contributed by atoms with van der Waals surface area (Å²) in [5.74, 6) is 0. The van der Waals surface area contributed by atoms with Crippen molar-refractivity contribution in [3.05, 3.63) is 102 Å². The van der Waals surface area contributed by atoms with Crippen LogP contribution in [0.3, 0.4) is 0 Å². The maximum Gasteiger partial charge on any atom is -1.00 e. The Morgan fingerprint density at radius 2 is 1.37 bits per heavy atom. The van der Waals surface area contributed by atoms with E-state index in [0.717, 1.165) is 6.42 Å². The summed E-state index contributed by atoms with van der Waals surface area (Å²) >= 11 is -2.83. The van der Waals surface area contributed by atoms with E-state index in [-0.39, 0.29) is 1.43 Å². The molecule has 0 aliphatic heterocycles. The van der Waals surface area contributed by atoms with Gasteiger partial charge in [-0.1, -0.05) is 0 Å². The van der Waals surface area contributed by atoms with Gasteiger partial charge in [0.2, 0.25) is 0 Å². The first kappa shape index (κ1) is 17.6. The first-order valence-electron chi connectivity index (χ1n) is 9.94. The summed E-state index contributed by atoms with van der Waals surface area (Å²) in [6.07, 6.45) is 20.4. The van der Waals surface area contributed by atoms with Crippen molar-refractivity contribution in [1.29, 1.82) is 0 Å². The van der Waals surface area contributed by atoms with Crippen molar-refractivity contribution in [2.75, 3.05) is 0 Å². The third kappa shape index (κ3) is 2.57. The predicted molar refractivity (Wildman–Crippen MR) is 117 cm³/mol. The number of fused-ring (bicyclic) bond motifs is 3. The fourth-order valence-corrected chi connectivity index (χ4v) is 34.5. The smallest absolute Gasteiger partial charge is 1.00 e. The van der Waals surface area contributed by atoms with Gasteiger partial charge in [-0.15, -0.1) is 0 Å². The first-order valence-corrected chi connectivity index (χ1v) is 20.2. The Morgan fingerprint density at radius 1 is 0.778 bits per heavy atom. The fraction of sp³-hybridized carbons (Fsp3) is 0.200. The summed E-state index contributed by atoms with van der Waals surface area (Å²) < 4.78 is 3.14. The van der Waals surface area contributed by atoms with Gasteiger partial charge in [-0.2, -0.15) is 0 Å². The Kier molecular flexibility index (Phi) is 4.45. The van der Waals surface area contributed by atoms with Crippen LogP contribution in [0.15, 0.2) is 91.1 Å². The minimum absolute atomic E-state index is 0. The molecule has 0 N–H and O–H groups in total. The van der Waals surface area contributed by atoms with Crippen LogP contribution in [-0.4, -0.2) is 5.43 Å². The van der Waals surface area contributed by atoms with E-state index < -0.39 is 24.3 Å². The van der Waals surface area contributed by atoms with Crippen LogP contribution in [-0.2, 0) is 25.3 Å². The molecule has 0 radical (unpaired) electrons. The van der Waals surface area contributed by atoms with Crippen molar-refractivity contribution < 1.29 is 20.3 Å². The van der Waals surface area contributed by atoms with Crippen LogP contribution >= 0.6 is 0 Å². The molecule has 0 atom stereocenters. The van der Waals surface area contributed by atoms with Gasteiger partial charge in [0.1, 0.15) is 0 Å². The van der Waals surface area contributed by atoms with Gasteiger partial charge >= 0.3 is 168 Å². The first-order chi connectivity index (χ1) is 13.2. The topological polar surface area (TPSA) is 0 Å². The summed E-state index contributed by atoms with van der Waals surface area (Å²) in [4.78, 5) is 0. The van der Waals surface area contributed by atoms with Gasteiger partial charge in [0.05, 0.1) is 0 Å². The molecule has 0 heterocycles. The molecular formula is C25H26SiZr-. The van der Waals surface area contributed by atoms with Crippen LogP contribution in [0.25, 0.3) is 11.1 Å². The van der Waals surface area contributed by atoms with Gasteiger partial charge in [-0.05, 0) is 0 Å². The van der Waals surface area contributed by atoms with E-state index in [2.05, 4.69) is 104 Å². The van der Waals surface area contributed by atoms with Gasteiger partial charge in [-0.25, -0.2) is 0 Å². The molecule has 2 aromatic carbocycles. The third-order valence-electron chi connectivity index (χ3n) is 6.67. The summed E-state index contributed by atoms with van der Waals surface area (Å²) in [5.41, 5.74) is 5.68. The predicted octanol–water partition coefficient (Wildman–Crippen LogP) is 6.23. The molecule has 3 aliphatic carbocycles. The molecule has 0 amide bonds. The van der Waals surface area contributed by atoms with Crippen LogP contribution in [0.1, 0.15) is 12.6 Å². The average Bonchev–Trinajstić information content (AvgIpc) is 3.44. The van der Waals surface area contributed by atoms with Crippen molar-refractivity contribution in [2.45, 2.75) is 26.8 Å². The minimum Gasteiger partial charge on any atom is -1.00 e. The van der Waals surface area contributed by atoms with Gasteiger partial charge < -0.3 is 1.43 Å². The molecule has 0 aromatic heterocycles. The van der Waals surface area contributed by atoms with Crippen LogP contribution < -0.4 is 3.27 Å². The Bertz CT molecular complexity index is 1040. The molecule has 27 heavy (non-hydrogen) atoms. The zero-order chi connectivity index (χ0) is 18.4. The zero-order valence-corrected chi connectivity index (χ0v) is 19.5. The van der Waals surface area contributed by atoms with Gasteiger partial charge in [-0.3, -0.25) is 0 Å². The summed E-state index contributed by atoms with van der Waals surface area (Å²) in [7, 11) is 0. The number of rotatable bonds is 3. The van der Waals surface area contributed by atoms with Crippen LogP contribution in [0.5, 0.6) is 0 Å². The minimum atomic E-state index is -2.83. The second kappa shape index (κ2) is 6.83. The molecule has 3 aliphatic rings. The number of allylic oxidation sites excluding steroid dienone is 8. The Balaban J connectivity index is 0.00000192. The Labute approximate surface area is 168 Å². The second-order valence-corrected chi connectivity index (χ2v) is 31.3. The summed E-state index contributed by atoms with van der Waals surface area (Å²) in [5, 5.41) is 0. The van der Waals surface area contributed by atoms with E-state index in [1.807, 2.05) is 0 Å². The molecule has 0 nitrogen and oxygen atoms in total. The summed E-state index contributed by atoms with van der Waals surface area (Å²) in [6.45, 7) is 5.20. The fourth-order valence-electron chi connectivity index (χ4n) is 5.53. The van der Waals surface area contributed by atoms with E-state index in [1.165, 1.54) is 16.7 Å². The van der Waals surface area contributed by atoms with Crippen LogP contribution in [0, 0.1) is 0 Å². The molecule has 0 fully saturated rings. The molecule has 135 valence electrons. The van der Waals surface area contributed by atoms with Crippen molar-refractivity contribution in [3.8, 4) is 11.1 Å². The van der Waals surface area contributed by atoms with Crippen molar-refractivity contribution in [1.82, 2.24) is 0 Å². The molecule has 0 saturated heterocycles. The monoisotopic (exact) mass is 444 g/mol. The quantitative estimate of drug-likeness (QED) is 0.419. The normalized spacial score (nSPS) is 17.7. The standard InChI is InChI=1S/C13H9.2C5H5.C2H6Si.Zr.H/c1-3-7-12-10(5-1)9-11-6-2-4-8-13(11)12;2*1-2-4-5-3-1;1-3-2;;/h1-5,7-8H,9H2;2*1-5H;1-2H3;;/q;;;;;-1. The van der Waals surface area contributed by atoms with Crippen LogP contribution in [0.2, 0.25) is 20.3 Å². The summed E-state index contributed by atoms with van der Waals surface area (Å²) in [6, 6.07) is 16.3. The maximum atomic E-state index is 2.60. The van der Waals surface area contributed by atoms with E-state index in [0.29, 0.717) is 7.25 Å². The number of benzene rings is 2. The molecular weight excluding hydrogens is 420 g/mol. The molecule has 2 aromatic rings. The van der Waals surface area contributed by atoms with Gasteiger partial charge in [0.25, 0.3) is 0 Å². The molecule has 2 heteroatoms. The third-order valence-corrected chi connectivity index (χ3v) is 36.5. The SMILES string of the molecule is C[Si](C)=[Zr]([c]1cccc2c1Cc1ccccc1-2)([CH]1C=CC=C1)[CH]1C=CC=C1.[H-]. The van der Waals surface area contributed by atoms with E-state index >= 15 is 0 Å². The van der Waals surface area contributed by atoms with E-state index in [4.69, 9.17) is 0 Å². The number of hydrogen-bond acceptors (Lipinski definition) is 0. The Morgan fingerprint density at radius 3 is 2.00 bits per heavy atom. The molecule has 0 spiro atoms. The van der Waals surface area contributed by atoms with Crippen LogP contribution in [0.4, 0.5) is 0 Å². The average molecular weight is 446 g/mol. The largest absolute Gasteiger partial charge is 1.00 e. The van der Waals surface area contributed by atoms with Gasteiger partial charge in [0.15, 0.2) is 0 Å². The molecule has 5 rings (SSSR count). The molecule has 0 bridgehead atoms. The van der Waals surface area contributed by atoms with E-state index in [9.17, 15) is 0 Å². The second-order valence-electron chi connectivity index (χ2n) is 8.13. The van der Waals surface area contributed by atoms with E-state index in [1.54, 1.807) is 8.83 Å². The van der Waals surface area contributed by atoms with Crippen molar-refractivity contribution >= 4 is 8.70 Å².